The van der Waals surface area contributed by atoms with Crippen LogP contribution in [0.2, 0.25) is 0 Å². The van der Waals surface area contributed by atoms with E-state index < -0.39 is 0 Å². The van der Waals surface area contributed by atoms with Gasteiger partial charge in [-0.3, -0.25) is 4.79 Å². The fraction of sp³-hybridized carbons (Fsp3) is 0.769. The Morgan fingerprint density at radius 2 is 1.93 bits per heavy atom. The van der Waals surface area contributed by atoms with Gasteiger partial charge >= 0.3 is 0 Å². The summed E-state index contributed by atoms with van der Waals surface area (Å²) >= 11 is 0. The summed E-state index contributed by atoms with van der Waals surface area (Å²) in [6.07, 6.45) is 11.4. The molecular formula is C13H23NO. The summed E-state index contributed by atoms with van der Waals surface area (Å²) in [6.45, 7) is 5.21. The SMILES string of the molecule is CC(C)C/C=C\CN(C=O)C1CCCC1. The molecule has 0 radical (unpaired) electrons. The van der Waals surface area contributed by atoms with Gasteiger partial charge in [0.15, 0.2) is 0 Å². The van der Waals surface area contributed by atoms with Gasteiger partial charge in [-0.25, -0.2) is 0 Å². The first-order valence-corrected chi connectivity index (χ1v) is 6.10. The second kappa shape index (κ2) is 6.65. The van der Waals surface area contributed by atoms with E-state index in [2.05, 4.69) is 26.0 Å². The Kier molecular flexibility index (Phi) is 5.44. The van der Waals surface area contributed by atoms with Crippen LogP contribution >= 0.6 is 0 Å². The molecule has 1 amide bonds. The molecule has 0 bridgehead atoms. The predicted molar refractivity (Wildman–Crippen MR) is 63.6 cm³/mol. The van der Waals surface area contributed by atoms with Gasteiger partial charge in [-0.05, 0) is 25.2 Å². The van der Waals surface area contributed by atoms with Crippen molar-refractivity contribution in [1.82, 2.24) is 4.90 Å². The first-order valence-electron chi connectivity index (χ1n) is 6.10. The molecule has 0 aromatic heterocycles. The largest absolute Gasteiger partial charge is 0.339 e. The molecule has 2 heteroatoms. The lowest BCUT2D eigenvalue weighted by atomic mass is 10.1. The Morgan fingerprint density at radius 3 is 2.47 bits per heavy atom. The lowest BCUT2D eigenvalue weighted by Gasteiger charge is -2.22. The molecule has 0 aromatic rings. The highest BCUT2D eigenvalue weighted by molar-refractivity contribution is 5.48. The molecule has 1 aliphatic rings. The summed E-state index contributed by atoms with van der Waals surface area (Å²) < 4.78 is 0. The third-order valence-corrected chi connectivity index (χ3v) is 3.02. The van der Waals surface area contributed by atoms with E-state index in [1.807, 2.05) is 4.90 Å². The molecule has 0 unspecified atom stereocenters. The van der Waals surface area contributed by atoms with Crippen LogP contribution in [-0.4, -0.2) is 23.9 Å². The van der Waals surface area contributed by atoms with Crippen molar-refractivity contribution in [3.05, 3.63) is 12.2 Å². The van der Waals surface area contributed by atoms with Crippen LogP contribution in [0.25, 0.3) is 0 Å². The zero-order chi connectivity index (χ0) is 11.1. The fourth-order valence-corrected chi connectivity index (χ4v) is 2.08. The zero-order valence-electron chi connectivity index (χ0n) is 9.98. The maximum atomic E-state index is 10.9. The van der Waals surface area contributed by atoms with Crippen molar-refractivity contribution in [3.8, 4) is 0 Å². The second-order valence-corrected chi connectivity index (χ2v) is 4.84. The average Bonchev–Trinajstić information content (AvgIpc) is 2.70. The number of hydrogen-bond acceptors (Lipinski definition) is 1. The third-order valence-electron chi connectivity index (χ3n) is 3.02. The normalized spacial score (nSPS) is 17.8. The van der Waals surface area contributed by atoms with Crippen molar-refractivity contribution in [3.63, 3.8) is 0 Å². The van der Waals surface area contributed by atoms with Crippen LogP contribution in [-0.2, 0) is 4.79 Å². The highest BCUT2D eigenvalue weighted by Gasteiger charge is 2.19. The number of carbonyl (C=O) groups excluding carboxylic acids is 1. The predicted octanol–water partition coefficient (Wildman–Crippen LogP) is 2.99. The number of amides is 1. The molecule has 1 rings (SSSR count). The van der Waals surface area contributed by atoms with Gasteiger partial charge in [-0.15, -0.1) is 0 Å². The van der Waals surface area contributed by atoms with Crippen LogP contribution < -0.4 is 0 Å². The summed E-state index contributed by atoms with van der Waals surface area (Å²) in [5.41, 5.74) is 0. The Hall–Kier alpha value is -0.790. The average molecular weight is 209 g/mol. The fourth-order valence-electron chi connectivity index (χ4n) is 2.08. The summed E-state index contributed by atoms with van der Waals surface area (Å²) in [4.78, 5) is 12.9. The lowest BCUT2D eigenvalue weighted by molar-refractivity contribution is -0.119. The smallest absolute Gasteiger partial charge is 0.210 e. The van der Waals surface area contributed by atoms with Gasteiger partial charge in [0.05, 0.1) is 0 Å². The van der Waals surface area contributed by atoms with Gasteiger partial charge in [0.25, 0.3) is 0 Å². The van der Waals surface area contributed by atoms with Gasteiger partial charge in [-0.2, -0.15) is 0 Å². The quantitative estimate of drug-likeness (QED) is 0.486. The molecule has 1 fully saturated rings. The van der Waals surface area contributed by atoms with Crippen molar-refractivity contribution >= 4 is 6.41 Å². The monoisotopic (exact) mass is 209 g/mol. The molecule has 0 saturated heterocycles. The number of rotatable bonds is 6. The van der Waals surface area contributed by atoms with E-state index >= 15 is 0 Å². The van der Waals surface area contributed by atoms with Crippen molar-refractivity contribution in [2.75, 3.05) is 6.54 Å². The summed E-state index contributed by atoms with van der Waals surface area (Å²) in [5, 5.41) is 0. The minimum atomic E-state index is 0.506. The molecule has 0 spiro atoms. The summed E-state index contributed by atoms with van der Waals surface area (Å²) in [6, 6.07) is 0.506. The van der Waals surface area contributed by atoms with Gasteiger partial charge in [-0.1, -0.05) is 38.8 Å². The van der Waals surface area contributed by atoms with Crippen molar-refractivity contribution in [2.24, 2.45) is 5.92 Å². The van der Waals surface area contributed by atoms with E-state index in [9.17, 15) is 4.79 Å². The summed E-state index contributed by atoms with van der Waals surface area (Å²) in [5.74, 6) is 0.706. The van der Waals surface area contributed by atoms with E-state index in [1.165, 1.54) is 25.7 Å². The standard InChI is InChI=1S/C13H23NO/c1-12(2)7-5-6-10-14(11-15)13-8-3-4-9-13/h5-6,11-13H,3-4,7-10H2,1-2H3/b6-5-. The maximum Gasteiger partial charge on any atom is 0.210 e. The van der Waals surface area contributed by atoms with Crippen molar-refractivity contribution < 1.29 is 4.79 Å². The van der Waals surface area contributed by atoms with Gasteiger partial charge in [0, 0.05) is 12.6 Å². The molecule has 0 heterocycles. The topological polar surface area (TPSA) is 20.3 Å². The van der Waals surface area contributed by atoms with E-state index in [0.29, 0.717) is 12.0 Å². The number of nitrogens with zero attached hydrogens (tertiary/aromatic N) is 1. The van der Waals surface area contributed by atoms with Crippen LogP contribution in [0.4, 0.5) is 0 Å². The van der Waals surface area contributed by atoms with Crippen LogP contribution in [0, 0.1) is 5.92 Å². The molecule has 15 heavy (non-hydrogen) atoms. The van der Waals surface area contributed by atoms with Crippen LogP contribution in [0.15, 0.2) is 12.2 Å². The Bertz CT molecular complexity index is 205. The van der Waals surface area contributed by atoms with E-state index in [0.717, 1.165) is 19.4 Å². The van der Waals surface area contributed by atoms with Crippen LogP contribution in [0.1, 0.15) is 46.0 Å². The molecule has 86 valence electrons. The van der Waals surface area contributed by atoms with E-state index in [1.54, 1.807) is 0 Å². The molecule has 0 aromatic carbocycles. The molecule has 0 aliphatic heterocycles. The highest BCUT2D eigenvalue weighted by Crippen LogP contribution is 2.22. The molecule has 1 saturated carbocycles. The van der Waals surface area contributed by atoms with Crippen LogP contribution in [0.5, 0.6) is 0 Å². The van der Waals surface area contributed by atoms with Gasteiger partial charge < -0.3 is 4.90 Å². The Balaban J connectivity index is 2.27. The molecule has 0 N–H and O–H groups in total. The number of hydrogen-bond donors (Lipinski definition) is 0. The van der Waals surface area contributed by atoms with Gasteiger partial charge in [0.2, 0.25) is 6.41 Å². The minimum absolute atomic E-state index is 0.506. The van der Waals surface area contributed by atoms with Crippen molar-refractivity contribution in [2.45, 2.75) is 52.0 Å². The molecule has 2 nitrogen and oxygen atoms in total. The molecular weight excluding hydrogens is 186 g/mol. The Morgan fingerprint density at radius 1 is 1.27 bits per heavy atom. The first-order chi connectivity index (χ1) is 7.24. The number of allylic oxidation sites excluding steroid dienone is 1. The molecule has 0 atom stereocenters. The Labute approximate surface area is 93.3 Å². The highest BCUT2D eigenvalue weighted by atomic mass is 16.1. The lowest BCUT2D eigenvalue weighted by Crippen LogP contribution is -2.31. The first kappa shape index (κ1) is 12.3. The van der Waals surface area contributed by atoms with Crippen molar-refractivity contribution in [1.29, 1.82) is 0 Å². The summed E-state index contributed by atoms with van der Waals surface area (Å²) in [7, 11) is 0. The van der Waals surface area contributed by atoms with Crippen LogP contribution in [0.3, 0.4) is 0 Å². The second-order valence-electron chi connectivity index (χ2n) is 4.84. The molecule has 1 aliphatic carbocycles. The maximum absolute atomic E-state index is 10.9. The zero-order valence-corrected chi connectivity index (χ0v) is 9.98. The third kappa shape index (κ3) is 4.50. The van der Waals surface area contributed by atoms with E-state index in [4.69, 9.17) is 0 Å². The number of carbonyl (C=O) groups is 1. The van der Waals surface area contributed by atoms with E-state index in [-0.39, 0.29) is 0 Å². The minimum Gasteiger partial charge on any atom is -0.339 e. The van der Waals surface area contributed by atoms with Gasteiger partial charge in [0.1, 0.15) is 0 Å².